The Hall–Kier alpha value is -0.670. The Balaban J connectivity index is 2.51. The standard InChI is InChI=1S/C14H26N3O4S/c1-13(2)5-10(6-14(3,4)17(13)21)15-16-12(20)9-22-8-11(19)7-18/h11,18-19H,5-9H2,1-4H3,(H,16,20). The fraction of sp³-hybridized carbons (Fsp3) is 0.857. The van der Waals surface area contributed by atoms with Crippen LogP contribution in [0.2, 0.25) is 0 Å². The number of hydroxylamine groups is 2. The monoisotopic (exact) mass is 332 g/mol. The van der Waals surface area contributed by atoms with Gasteiger partial charge in [0.1, 0.15) is 0 Å². The molecule has 1 saturated heterocycles. The van der Waals surface area contributed by atoms with Gasteiger partial charge in [0.2, 0.25) is 5.91 Å². The maximum Gasteiger partial charge on any atom is 0.250 e. The molecule has 8 heteroatoms. The molecule has 1 amide bonds. The maximum absolute atomic E-state index is 12.2. The van der Waals surface area contributed by atoms with Crippen LogP contribution in [-0.4, -0.2) is 62.2 Å². The van der Waals surface area contributed by atoms with Gasteiger partial charge in [0.15, 0.2) is 0 Å². The number of nitrogens with zero attached hydrogens (tertiary/aromatic N) is 2. The molecule has 0 bridgehead atoms. The third-order valence-corrected chi connectivity index (χ3v) is 4.55. The number of carbonyl (C=O) groups excluding carboxylic acids is 1. The molecule has 0 spiro atoms. The van der Waals surface area contributed by atoms with E-state index in [9.17, 15) is 15.1 Å². The highest BCUT2D eigenvalue weighted by Crippen LogP contribution is 2.35. The van der Waals surface area contributed by atoms with E-state index in [2.05, 4.69) is 10.5 Å². The average molecular weight is 332 g/mol. The number of piperidine rings is 1. The van der Waals surface area contributed by atoms with E-state index in [1.54, 1.807) is 0 Å². The van der Waals surface area contributed by atoms with E-state index in [0.29, 0.717) is 18.6 Å². The van der Waals surface area contributed by atoms with Crippen molar-refractivity contribution in [3.8, 4) is 0 Å². The summed E-state index contributed by atoms with van der Waals surface area (Å²) in [6, 6.07) is 0. The predicted octanol–water partition coefficient (Wildman–Crippen LogP) is 0.543. The van der Waals surface area contributed by atoms with Crippen molar-refractivity contribution in [2.45, 2.75) is 57.7 Å². The molecule has 1 radical (unpaired) electrons. The normalized spacial score (nSPS) is 22.2. The number of amides is 1. The summed E-state index contributed by atoms with van der Waals surface area (Å²) in [6.45, 7) is 7.15. The van der Waals surface area contributed by atoms with Gasteiger partial charge in [-0.15, -0.1) is 22.0 Å². The van der Waals surface area contributed by atoms with Crippen LogP contribution in [0.3, 0.4) is 0 Å². The summed E-state index contributed by atoms with van der Waals surface area (Å²) >= 11 is 1.23. The fourth-order valence-electron chi connectivity index (χ4n) is 2.62. The number of carbonyl (C=O) groups is 1. The van der Waals surface area contributed by atoms with Crippen LogP contribution in [0.15, 0.2) is 5.10 Å². The van der Waals surface area contributed by atoms with Crippen molar-refractivity contribution < 1.29 is 20.2 Å². The van der Waals surface area contributed by atoms with Crippen LogP contribution in [0.5, 0.6) is 0 Å². The van der Waals surface area contributed by atoms with Crippen molar-refractivity contribution in [1.29, 1.82) is 0 Å². The van der Waals surface area contributed by atoms with Crippen molar-refractivity contribution >= 4 is 23.4 Å². The molecule has 22 heavy (non-hydrogen) atoms. The zero-order chi connectivity index (χ0) is 17.0. The molecule has 1 atom stereocenters. The lowest BCUT2D eigenvalue weighted by atomic mass is 9.81. The molecule has 1 fully saturated rings. The summed E-state index contributed by atoms with van der Waals surface area (Å²) in [5.41, 5.74) is 2.20. The van der Waals surface area contributed by atoms with Crippen molar-refractivity contribution in [2.24, 2.45) is 5.10 Å². The molecule has 0 aliphatic carbocycles. The third kappa shape index (κ3) is 5.51. The number of aliphatic hydroxyl groups excluding tert-OH is 2. The van der Waals surface area contributed by atoms with Crippen LogP contribution in [0.1, 0.15) is 40.5 Å². The van der Waals surface area contributed by atoms with E-state index in [1.165, 1.54) is 11.8 Å². The molecular weight excluding hydrogens is 306 g/mol. The van der Waals surface area contributed by atoms with Crippen molar-refractivity contribution in [1.82, 2.24) is 10.5 Å². The Morgan fingerprint density at radius 1 is 1.36 bits per heavy atom. The topological polar surface area (TPSA) is 105 Å². The van der Waals surface area contributed by atoms with Gasteiger partial charge in [0.25, 0.3) is 0 Å². The largest absolute Gasteiger partial charge is 0.394 e. The molecule has 0 aromatic heterocycles. The quantitative estimate of drug-likeness (QED) is 0.616. The minimum Gasteiger partial charge on any atom is -0.394 e. The smallest absolute Gasteiger partial charge is 0.250 e. The van der Waals surface area contributed by atoms with Crippen molar-refractivity contribution in [3.05, 3.63) is 0 Å². The average Bonchev–Trinajstić information content (AvgIpc) is 2.41. The molecule has 7 nitrogen and oxygen atoms in total. The first-order chi connectivity index (χ1) is 10.1. The van der Waals surface area contributed by atoms with Crippen LogP contribution < -0.4 is 5.43 Å². The number of hydrogen-bond acceptors (Lipinski definition) is 6. The summed E-state index contributed by atoms with van der Waals surface area (Å²) in [4.78, 5) is 11.7. The van der Waals surface area contributed by atoms with Gasteiger partial charge in [-0.05, 0) is 27.7 Å². The van der Waals surface area contributed by atoms with Gasteiger partial charge in [-0.3, -0.25) is 4.79 Å². The fourth-order valence-corrected chi connectivity index (χ4v) is 3.36. The summed E-state index contributed by atoms with van der Waals surface area (Å²) in [5.74, 6) is 0.197. The number of thioether (sulfide) groups is 1. The molecule has 127 valence electrons. The number of hydrazone groups is 1. The van der Waals surface area contributed by atoms with Crippen LogP contribution in [0, 0.1) is 0 Å². The molecule has 3 N–H and O–H groups in total. The first-order valence-electron chi connectivity index (χ1n) is 7.27. The number of aliphatic hydroxyl groups is 2. The van der Waals surface area contributed by atoms with Crippen LogP contribution >= 0.6 is 11.8 Å². The number of rotatable bonds is 6. The Morgan fingerprint density at radius 2 is 1.91 bits per heavy atom. The van der Waals surface area contributed by atoms with E-state index in [4.69, 9.17) is 5.11 Å². The first-order valence-corrected chi connectivity index (χ1v) is 8.42. The molecule has 1 rings (SSSR count). The SMILES string of the molecule is CC1(C)CC(=NNC(=O)CSCC(O)CO)CC(C)(C)N1[O]. The van der Waals surface area contributed by atoms with Crippen molar-refractivity contribution in [3.63, 3.8) is 0 Å². The Kier molecular flexibility index (Phi) is 6.82. The first kappa shape index (κ1) is 19.4. The summed E-state index contributed by atoms with van der Waals surface area (Å²) in [5, 5.41) is 35.3. The van der Waals surface area contributed by atoms with Crippen LogP contribution in [-0.2, 0) is 10.0 Å². The van der Waals surface area contributed by atoms with Crippen molar-refractivity contribution in [2.75, 3.05) is 18.1 Å². The molecule has 1 aliphatic heterocycles. The lowest BCUT2D eigenvalue weighted by Gasteiger charge is -2.46. The van der Waals surface area contributed by atoms with Gasteiger partial charge in [0.05, 0.1) is 18.5 Å². The lowest BCUT2D eigenvalue weighted by Crippen LogP contribution is -2.58. The maximum atomic E-state index is 12.2. The second kappa shape index (κ2) is 7.74. The molecule has 1 aliphatic rings. The minimum atomic E-state index is -0.813. The second-order valence-corrected chi connectivity index (χ2v) is 7.87. The highest BCUT2D eigenvalue weighted by molar-refractivity contribution is 7.99. The van der Waals surface area contributed by atoms with E-state index >= 15 is 0 Å². The molecule has 1 unspecified atom stereocenters. The number of hydrogen-bond donors (Lipinski definition) is 3. The zero-order valence-corrected chi connectivity index (χ0v) is 14.4. The highest BCUT2D eigenvalue weighted by Gasteiger charge is 2.44. The van der Waals surface area contributed by atoms with E-state index in [1.807, 2.05) is 27.7 Å². The third-order valence-electron chi connectivity index (χ3n) is 3.47. The predicted molar refractivity (Wildman–Crippen MR) is 85.9 cm³/mol. The van der Waals surface area contributed by atoms with E-state index in [0.717, 1.165) is 10.8 Å². The van der Waals surface area contributed by atoms with Gasteiger partial charge in [-0.1, -0.05) is 0 Å². The zero-order valence-electron chi connectivity index (χ0n) is 13.6. The minimum absolute atomic E-state index is 0.161. The Morgan fingerprint density at radius 3 is 2.41 bits per heavy atom. The highest BCUT2D eigenvalue weighted by atomic mass is 32.2. The molecule has 0 saturated carbocycles. The molecule has 0 aromatic rings. The Bertz CT molecular complexity index is 406. The Labute approximate surface area is 135 Å². The molecule has 1 heterocycles. The van der Waals surface area contributed by atoms with Gasteiger partial charge in [-0.2, -0.15) is 5.10 Å². The van der Waals surface area contributed by atoms with Gasteiger partial charge in [0, 0.05) is 35.4 Å². The summed E-state index contributed by atoms with van der Waals surface area (Å²) < 4.78 is 0. The second-order valence-electron chi connectivity index (χ2n) is 6.84. The van der Waals surface area contributed by atoms with E-state index in [-0.39, 0.29) is 18.3 Å². The number of nitrogens with one attached hydrogen (secondary N) is 1. The lowest BCUT2D eigenvalue weighted by molar-refractivity contribution is -0.273. The van der Waals surface area contributed by atoms with Gasteiger partial charge < -0.3 is 10.2 Å². The van der Waals surface area contributed by atoms with Gasteiger partial charge >= 0.3 is 0 Å². The van der Waals surface area contributed by atoms with Crippen LogP contribution in [0.25, 0.3) is 0 Å². The van der Waals surface area contributed by atoms with Gasteiger partial charge in [-0.25, -0.2) is 5.43 Å². The van der Waals surface area contributed by atoms with E-state index < -0.39 is 17.2 Å². The summed E-state index contributed by atoms with van der Waals surface area (Å²) in [7, 11) is 0. The summed E-state index contributed by atoms with van der Waals surface area (Å²) in [6.07, 6.45) is 0.208. The molecule has 0 aromatic carbocycles. The van der Waals surface area contributed by atoms with Crippen LogP contribution in [0.4, 0.5) is 0 Å². The molecular formula is C14H26N3O4S.